The van der Waals surface area contributed by atoms with Crippen molar-refractivity contribution in [3.05, 3.63) is 48.0 Å². The molecule has 2 aromatic carbocycles. The van der Waals surface area contributed by atoms with Crippen LogP contribution in [0.4, 0.5) is 0 Å². The number of carbonyl (C=O) groups is 2. The molecule has 0 unspecified atom stereocenters. The monoisotopic (exact) mass is 363 g/mol. The van der Waals surface area contributed by atoms with Gasteiger partial charge in [0, 0.05) is 31.8 Å². The fourth-order valence-electron chi connectivity index (χ4n) is 3.16. The Morgan fingerprint density at radius 3 is 2.22 bits per heavy atom. The summed E-state index contributed by atoms with van der Waals surface area (Å²) in [6.07, 6.45) is -1.10. The van der Waals surface area contributed by atoms with Crippen LogP contribution in [0.2, 0.25) is 0 Å². The molecule has 0 aliphatic carbocycles. The second kappa shape index (κ2) is 6.35. The van der Waals surface area contributed by atoms with E-state index in [1.54, 1.807) is 6.07 Å². The lowest BCUT2D eigenvalue weighted by molar-refractivity contribution is -0.186. The van der Waals surface area contributed by atoms with Gasteiger partial charge in [0.15, 0.2) is 5.65 Å². The quantitative estimate of drug-likeness (QED) is 0.410. The second-order valence-corrected chi connectivity index (χ2v) is 6.27. The lowest BCUT2D eigenvalue weighted by Crippen LogP contribution is -2.14. The third kappa shape index (κ3) is 2.97. The molecule has 0 spiro atoms. The number of fused-ring (bicyclic) bond motifs is 4. The first-order chi connectivity index (χ1) is 12.9. The number of aryl methyl sites for hydroxylation is 1. The third-order valence-electron chi connectivity index (χ3n) is 4.33. The number of nitrogens with zero attached hydrogens (tertiary/aromatic N) is 3. The number of benzene rings is 2. The molecule has 0 aliphatic heterocycles. The molecule has 4 aromatic rings. The average Bonchev–Trinajstić information content (AvgIpc) is 2.90. The summed E-state index contributed by atoms with van der Waals surface area (Å²) < 4.78 is 12.3. The van der Waals surface area contributed by atoms with E-state index in [1.165, 1.54) is 13.8 Å². The van der Waals surface area contributed by atoms with Crippen LogP contribution >= 0.6 is 0 Å². The van der Waals surface area contributed by atoms with Crippen molar-refractivity contribution in [3.63, 3.8) is 0 Å². The molecule has 7 nitrogen and oxygen atoms in total. The highest BCUT2D eigenvalue weighted by Gasteiger charge is 2.20. The minimum atomic E-state index is -1.10. The summed E-state index contributed by atoms with van der Waals surface area (Å²) in [5.41, 5.74) is 4.56. The Morgan fingerprint density at radius 2 is 1.59 bits per heavy atom. The second-order valence-electron chi connectivity index (χ2n) is 6.27. The van der Waals surface area contributed by atoms with Gasteiger partial charge in [0.2, 0.25) is 0 Å². The summed E-state index contributed by atoms with van der Waals surface area (Å²) in [6, 6.07) is 13.1. The van der Waals surface area contributed by atoms with Gasteiger partial charge in [-0.2, -0.15) is 0 Å². The Labute approximate surface area is 154 Å². The van der Waals surface area contributed by atoms with Gasteiger partial charge >= 0.3 is 11.9 Å². The number of carbonyl (C=O) groups excluding carboxylic acids is 2. The van der Waals surface area contributed by atoms with Gasteiger partial charge in [-0.15, -0.1) is 0 Å². The minimum Gasteiger partial charge on any atom is -0.421 e. The van der Waals surface area contributed by atoms with Crippen LogP contribution in [0.25, 0.3) is 33.1 Å². The highest BCUT2D eigenvalue weighted by Crippen LogP contribution is 2.31. The van der Waals surface area contributed by atoms with E-state index in [9.17, 15) is 9.59 Å². The van der Waals surface area contributed by atoms with Gasteiger partial charge in [-0.1, -0.05) is 12.1 Å². The van der Waals surface area contributed by atoms with Crippen LogP contribution in [0.15, 0.2) is 42.5 Å². The van der Waals surface area contributed by atoms with Gasteiger partial charge in [0.25, 0.3) is 6.29 Å². The number of esters is 2. The third-order valence-corrected chi connectivity index (χ3v) is 4.33. The summed E-state index contributed by atoms with van der Waals surface area (Å²) in [6.45, 7) is 2.54. The zero-order valence-corrected chi connectivity index (χ0v) is 15.1. The fourth-order valence-corrected chi connectivity index (χ4v) is 3.16. The summed E-state index contributed by atoms with van der Waals surface area (Å²) in [4.78, 5) is 32.3. The number of para-hydroxylation sites is 2. The fraction of sp³-hybridized carbons (Fsp3) is 0.200. The zero-order chi connectivity index (χ0) is 19.1. The molecule has 0 saturated carbocycles. The van der Waals surface area contributed by atoms with Gasteiger partial charge in [-0.3, -0.25) is 9.59 Å². The van der Waals surface area contributed by atoms with E-state index in [0.717, 1.165) is 33.1 Å². The van der Waals surface area contributed by atoms with Crippen LogP contribution in [0, 0.1) is 0 Å². The predicted octanol–water partition coefficient (Wildman–Crippen LogP) is 3.40. The SMILES string of the molecule is CC(=O)OC(OC(C)=O)c1ccc2c(c1)c1nc3ccccc3nc1n2C. The van der Waals surface area contributed by atoms with Gasteiger partial charge in [0.05, 0.1) is 16.6 Å². The van der Waals surface area contributed by atoms with Crippen LogP contribution in [-0.2, 0) is 26.1 Å². The molecule has 0 aliphatic rings. The molecule has 2 aromatic heterocycles. The first kappa shape index (κ1) is 17.0. The first-order valence-corrected chi connectivity index (χ1v) is 8.43. The Morgan fingerprint density at radius 1 is 0.963 bits per heavy atom. The van der Waals surface area contributed by atoms with Crippen LogP contribution in [0.3, 0.4) is 0 Å². The van der Waals surface area contributed by atoms with E-state index in [2.05, 4.69) is 0 Å². The molecule has 0 N–H and O–H groups in total. The number of rotatable bonds is 3. The van der Waals surface area contributed by atoms with Gasteiger partial charge in [-0.25, -0.2) is 9.97 Å². The zero-order valence-electron chi connectivity index (χ0n) is 15.1. The molecule has 0 atom stereocenters. The topological polar surface area (TPSA) is 83.3 Å². The summed E-state index contributed by atoms with van der Waals surface area (Å²) >= 11 is 0. The van der Waals surface area contributed by atoms with Crippen LogP contribution in [0.5, 0.6) is 0 Å². The molecule has 0 amide bonds. The molecular weight excluding hydrogens is 346 g/mol. The lowest BCUT2D eigenvalue weighted by Gasteiger charge is -2.17. The Kier molecular flexibility index (Phi) is 3.99. The van der Waals surface area contributed by atoms with Crippen molar-refractivity contribution in [2.45, 2.75) is 20.1 Å². The molecule has 2 heterocycles. The average molecular weight is 363 g/mol. The highest BCUT2D eigenvalue weighted by molar-refractivity contribution is 6.06. The number of hydrogen-bond acceptors (Lipinski definition) is 6. The van der Waals surface area contributed by atoms with Crippen molar-refractivity contribution in [1.82, 2.24) is 14.5 Å². The molecule has 4 rings (SSSR count). The Bertz CT molecular complexity index is 1200. The van der Waals surface area contributed by atoms with Crippen molar-refractivity contribution < 1.29 is 19.1 Å². The number of hydrogen-bond donors (Lipinski definition) is 0. The smallest absolute Gasteiger partial charge is 0.305 e. The maximum atomic E-state index is 11.4. The number of aromatic nitrogens is 3. The van der Waals surface area contributed by atoms with Crippen molar-refractivity contribution in [1.29, 1.82) is 0 Å². The minimum absolute atomic E-state index is 0.537. The van der Waals surface area contributed by atoms with E-state index < -0.39 is 18.2 Å². The van der Waals surface area contributed by atoms with E-state index in [0.29, 0.717) is 5.56 Å². The van der Waals surface area contributed by atoms with Crippen molar-refractivity contribution in [3.8, 4) is 0 Å². The van der Waals surface area contributed by atoms with Crippen molar-refractivity contribution in [2.75, 3.05) is 0 Å². The number of ether oxygens (including phenoxy) is 2. The van der Waals surface area contributed by atoms with E-state index in [4.69, 9.17) is 19.4 Å². The van der Waals surface area contributed by atoms with Crippen LogP contribution in [0.1, 0.15) is 25.7 Å². The molecular formula is C20H17N3O4. The molecule has 7 heteroatoms. The predicted molar refractivity (Wildman–Crippen MR) is 99.8 cm³/mol. The molecule has 27 heavy (non-hydrogen) atoms. The van der Waals surface area contributed by atoms with E-state index in [1.807, 2.05) is 48.0 Å². The summed E-state index contributed by atoms with van der Waals surface area (Å²) in [5, 5.41) is 0.840. The van der Waals surface area contributed by atoms with Gasteiger partial charge in [-0.05, 0) is 30.3 Å². The maximum absolute atomic E-state index is 11.4. The maximum Gasteiger partial charge on any atom is 0.305 e. The van der Waals surface area contributed by atoms with Crippen molar-refractivity contribution in [2.24, 2.45) is 7.05 Å². The summed E-state index contributed by atoms with van der Waals surface area (Å²) in [5.74, 6) is -1.07. The van der Waals surface area contributed by atoms with Crippen LogP contribution in [-0.4, -0.2) is 26.5 Å². The standard InChI is InChI=1S/C20H17N3O4/c1-11(24)26-20(27-12(2)25)13-8-9-17-14(10-13)18-19(23(17)3)22-16-7-5-4-6-15(16)21-18/h4-10,20H,1-3H3. The van der Waals surface area contributed by atoms with Crippen molar-refractivity contribution >= 4 is 45.0 Å². The summed E-state index contributed by atoms with van der Waals surface area (Å²) in [7, 11) is 1.92. The molecule has 0 fully saturated rings. The molecule has 0 saturated heterocycles. The van der Waals surface area contributed by atoms with Gasteiger partial charge < -0.3 is 14.0 Å². The van der Waals surface area contributed by atoms with E-state index >= 15 is 0 Å². The normalized spacial score (nSPS) is 11.4. The van der Waals surface area contributed by atoms with Gasteiger partial charge in [0.1, 0.15) is 5.52 Å². The van der Waals surface area contributed by atoms with Crippen LogP contribution < -0.4 is 0 Å². The Balaban J connectivity index is 1.94. The largest absolute Gasteiger partial charge is 0.421 e. The molecule has 136 valence electrons. The molecule has 0 bridgehead atoms. The Hall–Kier alpha value is -3.48. The lowest BCUT2D eigenvalue weighted by atomic mass is 10.1. The van der Waals surface area contributed by atoms with E-state index in [-0.39, 0.29) is 0 Å². The molecule has 0 radical (unpaired) electrons. The highest BCUT2D eigenvalue weighted by atomic mass is 16.7. The first-order valence-electron chi connectivity index (χ1n) is 8.43.